The minimum Gasteiger partial charge on any atom is -0.497 e. The van der Waals surface area contributed by atoms with Gasteiger partial charge >= 0.3 is 5.97 Å². The lowest BCUT2D eigenvalue weighted by molar-refractivity contribution is -0.153. The first-order valence-electron chi connectivity index (χ1n) is 7.23. The normalized spacial score (nSPS) is 21.4. The summed E-state index contributed by atoms with van der Waals surface area (Å²) in [5.74, 6) is -0.119. The number of benzene rings is 1. The standard InChI is InChI=1S/C16H19Cl2NO4/c1-15(10-16(15,17)18)14(21)23-9-13(20)19-8-7-11-3-5-12(22-2)6-4-11/h3-6H,7-10H2,1-2H3,(H,19,20)/t15-/m0/s1. The molecule has 126 valence electrons. The fourth-order valence-corrected chi connectivity index (χ4v) is 2.79. The quantitative estimate of drug-likeness (QED) is 0.599. The Kier molecular flexibility index (Phi) is 5.42. The number of nitrogens with one attached hydrogen (secondary N) is 1. The number of carbonyl (C=O) groups is 2. The highest BCUT2D eigenvalue weighted by Crippen LogP contribution is 2.64. The predicted octanol–water partition coefficient (Wildman–Crippen LogP) is 2.48. The van der Waals surface area contributed by atoms with Crippen LogP contribution < -0.4 is 10.1 Å². The molecule has 1 N–H and O–H groups in total. The minimum atomic E-state index is -1.09. The third-order valence-electron chi connectivity index (χ3n) is 3.94. The fourth-order valence-electron chi connectivity index (χ4n) is 2.10. The molecule has 7 heteroatoms. The topological polar surface area (TPSA) is 64.6 Å². The zero-order valence-corrected chi connectivity index (χ0v) is 14.5. The lowest BCUT2D eigenvalue weighted by atomic mass is 10.1. The van der Waals surface area contributed by atoms with E-state index in [1.54, 1.807) is 14.0 Å². The first-order chi connectivity index (χ1) is 10.8. The van der Waals surface area contributed by atoms with Gasteiger partial charge in [0.2, 0.25) is 0 Å². The van der Waals surface area contributed by atoms with Gasteiger partial charge in [0.15, 0.2) is 6.61 Å². The first-order valence-corrected chi connectivity index (χ1v) is 7.99. The van der Waals surface area contributed by atoms with Gasteiger partial charge in [-0.2, -0.15) is 0 Å². The van der Waals surface area contributed by atoms with Crippen molar-refractivity contribution in [2.24, 2.45) is 5.41 Å². The molecule has 1 aromatic carbocycles. The van der Waals surface area contributed by atoms with Crippen LogP contribution in [0.4, 0.5) is 0 Å². The highest BCUT2D eigenvalue weighted by atomic mass is 35.5. The Hall–Kier alpha value is -1.46. The van der Waals surface area contributed by atoms with Gasteiger partial charge in [-0.05, 0) is 31.0 Å². The summed E-state index contributed by atoms with van der Waals surface area (Å²) in [6.45, 7) is 1.74. The SMILES string of the molecule is COc1ccc(CCNC(=O)COC(=O)[C@]2(C)CC2(Cl)Cl)cc1. The molecule has 0 radical (unpaired) electrons. The van der Waals surface area contributed by atoms with Crippen LogP contribution in [-0.4, -0.2) is 36.5 Å². The summed E-state index contributed by atoms with van der Waals surface area (Å²) in [6.07, 6.45) is 1.01. The van der Waals surface area contributed by atoms with E-state index in [0.717, 1.165) is 11.3 Å². The van der Waals surface area contributed by atoms with Crippen molar-refractivity contribution in [3.8, 4) is 5.75 Å². The highest BCUT2D eigenvalue weighted by molar-refractivity contribution is 6.53. The summed E-state index contributed by atoms with van der Waals surface area (Å²) < 4.78 is 8.95. The Labute approximate surface area is 145 Å². The lowest BCUT2D eigenvalue weighted by Crippen LogP contribution is -2.32. The monoisotopic (exact) mass is 359 g/mol. The number of carbonyl (C=O) groups excluding carboxylic acids is 2. The van der Waals surface area contributed by atoms with Crippen molar-refractivity contribution in [1.29, 1.82) is 0 Å². The second-order valence-electron chi connectivity index (χ2n) is 5.74. The van der Waals surface area contributed by atoms with Crippen LogP contribution >= 0.6 is 23.2 Å². The van der Waals surface area contributed by atoms with E-state index in [1.165, 1.54) is 0 Å². The van der Waals surface area contributed by atoms with Crippen LogP contribution in [0.25, 0.3) is 0 Å². The second-order valence-corrected chi connectivity index (χ2v) is 7.22. The minimum absolute atomic E-state index is 0.332. The Balaban J connectivity index is 1.66. The number of alkyl halides is 2. The summed E-state index contributed by atoms with van der Waals surface area (Å²) in [7, 11) is 1.61. The van der Waals surface area contributed by atoms with Gasteiger partial charge in [-0.3, -0.25) is 9.59 Å². The summed E-state index contributed by atoms with van der Waals surface area (Å²) in [6, 6.07) is 7.58. The Morgan fingerprint density at radius 2 is 1.87 bits per heavy atom. The number of amides is 1. The summed E-state index contributed by atoms with van der Waals surface area (Å²) in [4.78, 5) is 23.5. The molecule has 0 unspecified atom stereocenters. The van der Waals surface area contributed by atoms with Gasteiger partial charge in [-0.25, -0.2) is 0 Å². The lowest BCUT2D eigenvalue weighted by Gasteiger charge is -2.12. The fraction of sp³-hybridized carbons (Fsp3) is 0.500. The number of methoxy groups -OCH3 is 1. The number of rotatable bonds is 7. The number of hydrogen-bond acceptors (Lipinski definition) is 4. The molecule has 0 saturated heterocycles. The van der Waals surface area contributed by atoms with Crippen LogP contribution in [0.5, 0.6) is 5.75 Å². The summed E-state index contributed by atoms with van der Waals surface area (Å²) >= 11 is 11.8. The van der Waals surface area contributed by atoms with Crippen molar-refractivity contribution in [1.82, 2.24) is 5.32 Å². The van der Waals surface area contributed by atoms with Crippen molar-refractivity contribution in [3.05, 3.63) is 29.8 Å². The van der Waals surface area contributed by atoms with Gasteiger partial charge in [0.1, 0.15) is 15.5 Å². The molecule has 0 heterocycles. The maximum absolute atomic E-state index is 11.8. The number of halogens is 2. The molecule has 0 aromatic heterocycles. The van der Waals surface area contributed by atoms with Gasteiger partial charge in [0, 0.05) is 13.0 Å². The van der Waals surface area contributed by atoms with Crippen LogP contribution in [0.15, 0.2) is 24.3 Å². The van der Waals surface area contributed by atoms with Gasteiger partial charge < -0.3 is 14.8 Å². The van der Waals surface area contributed by atoms with E-state index in [2.05, 4.69) is 5.32 Å². The van der Waals surface area contributed by atoms with Crippen molar-refractivity contribution in [3.63, 3.8) is 0 Å². The van der Waals surface area contributed by atoms with Crippen molar-refractivity contribution in [2.75, 3.05) is 20.3 Å². The van der Waals surface area contributed by atoms with Gasteiger partial charge in [-0.1, -0.05) is 12.1 Å². The molecule has 0 aliphatic heterocycles. The van der Waals surface area contributed by atoms with Crippen LogP contribution in [0.3, 0.4) is 0 Å². The molecular formula is C16H19Cl2NO4. The maximum atomic E-state index is 11.8. The average Bonchev–Trinajstić information content (AvgIpc) is 3.05. The van der Waals surface area contributed by atoms with E-state index in [-0.39, 0.29) is 12.5 Å². The second kappa shape index (κ2) is 6.97. The first kappa shape index (κ1) is 17.9. The zero-order valence-electron chi connectivity index (χ0n) is 13.0. The van der Waals surface area contributed by atoms with Crippen LogP contribution in [-0.2, 0) is 20.7 Å². The van der Waals surface area contributed by atoms with Crippen molar-refractivity contribution < 1.29 is 19.1 Å². The van der Waals surface area contributed by atoms with E-state index in [0.29, 0.717) is 19.4 Å². The highest BCUT2D eigenvalue weighted by Gasteiger charge is 2.69. The molecule has 1 aliphatic rings. The van der Waals surface area contributed by atoms with Crippen LogP contribution in [0.2, 0.25) is 0 Å². The van der Waals surface area contributed by atoms with E-state index in [4.69, 9.17) is 32.7 Å². The zero-order chi connectivity index (χ0) is 17.1. The smallest absolute Gasteiger partial charge is 0.315 e. The molecule has 0 bridgehead atoms. The Bertz CT molecular complexity index is 588. The third-order valence-corrected chi connectivity index (χ3v) is 5.04. The molecule has 5 nitrogen and oxygen atoms in total. The molecule has 0 spiro atoms. The summed E-state index contributed by atoms with van der Waals surface area (Å²) in [5, 5.41) is 2.69. The molecule has 1 atom stereocenters. The largest absolute Gasteiger partial charge is 0.497 e. The van der Waals surface area contributed by atoms with Crippen LogP contribution in [0, 0.1) is 5.41 Å². The Morgan fingerprint density at radius 1 is 1.26 bits per heavy atom. The molecular weight excluding hydrogens is 341 g/mol. The number of hydrogen-bond donors (Lipinski definition) is 1. The number of esters is 1. The van der Waals surface area contributed by atoms with Crippen molar-refractivity contribution in [2.45, 2.75) is 24.1 Å². The predicted molar refractivity (Wildman–Crippen MR) is 87.8 cm³/mol. The van der Waals surface area contributed by atoms with E-state index < -0.39 is 15.7 Å². The molecule has 1 aliphatic carbocycles. The van der Waals surface area contributed by atoms with Crippen LogP contribution in [0.1, 0.15) is 18.9 Å². The molecule has 1 aromatic rings. The van der Waals surface area contributed by atoms with E-state index in [1.807, 2.05) is 24.3 Å². The van der Waals surface area contributed by atoms with Crippen molar-refractivity contribution >= 4 is 35.1 Å². The third kappa shape index (κ3) is 4.30. The van der Waals surface area contributed by atoms with Gasteiger partial charge in [-0.15, -0.1) is 23.2 Å². The number of ether oxygens (including phenoxy) is 2. The molecule has 2 rings (SSSR count). The molecule has 1 amide bonds. The molecule has 1 fully saturated rings. The maximum Gasteiger partial charge on any atom is 0.315 e. The van der Waals surface area contributed by atoms with E-state index in [9.17, 15) is 9.59 Å². The van der Waals surface area contributed by atoms with Gasteiger partial charge in [0.05, 0.1) is 7.11 Å². The van der Waals surface area contributed by atoms with E-state index >= 15 is 0 Å². The molecule has 1 saturated carbocycles. The molecule has 23 heavy (non-hydrogen) atoms. The summed E-state index contributed by atoms with van der Waals surface area (Å²) in [5.41, 5.74) is 0.155. The Morgan fingerprint density at radius 3 is 2.39 bits per heavy atom. The van der Waals surface area contributed by atoms with Gasteiger partial charge in [0.25, 0.3) is 5.91 Å². The average molecular weight is 360 g/mol.